The fourth-order valence-corrected chi connectivity index (χ4v) is 3.80. The monoisotopic (exact) mass is 382 g/mol. The average Bonchev–Trinajstić information content (AvgIpc) is 3.24. The van der Waals surface area contributed by atoms with Gasteiger partial charge in [-0.2, -0.15) is 0 Å². The molecular weight excluding hydrogens is 356 g/mol. The Kier molecular flexibility index (Phi) is 6.31. The lowest BCUT2D eigenvalue weighted by Crippen LogP contribution is -2.52. The van der Waals surface area contributed by atoms with Gasteiger partial charge in [0, 0.05) is 11.8 Å². The predicted octanol–water partition coefficient (Wildman–Crippen LogP) is 2.62. The number of hydrogen-bond acceptors (Lipinski definition) is 4. The lowest BCUT2D eigenvalue weighted by atomic mass is 9.78. The molecule has 2 aromatic rings. The van der Waals surface area contributed by atoms with Gasteiger partial charge < -0.3 is 20.5 Å². The van der Waals surface area contributed by atoms with Gasteiger partial charge in [-0.1, -0.05) is 49.2 Å². The molecule has 28 heavy (non-hydrogen) atoms. The SMILES string of the molecule is COc1cccc(NC(=O)[C@H](CO)NC(=O)C2(c3ccccc3)CCCC2)c1. The van der Waals surface area contributed by atoms with Gasteiger partial charge in [0.1, 0.15) is 11.8 Å². The van der Waals surface area contributed by atoms with Gasteiger partial charge in [-0.25, -0.2) is 0 Å². The number of aliphatic hydroxyl groups excluding tert-OH is 1. The minimum absolute atomic E-state index is 0.212. The van der Waals surface area contributed by atoms with Crippen LogP contribution in [0, 0.1) is 0 Å². The standard InChI is InChI=1S/C22H26N2O4/c1-28-18-11-7-10-17(14-18)23-20(26)19(15-25)24-21(27)22(12-5-6-13-22)16-8-3-2-4-9-16/h2-4,7-11,14,19,25H,5-6,12-13,15H2,1H3,(H,23,26)(H,24,27)/t19-/m0/s1. The van der Waals surface area contributed by atoms with Crippen LogP contribution >= 0.6 is 0 Å². The number of ether oxygens (including phenoxy) is 1. The predicted molar refractivity (Wildman–Crippen MR) is 107 cm³/mol. The van der Waals surface area contributed by atoms with Crippen LogP contribution in [0.15, 0.2) is 54.6 Å². The summed E-state index contributed by atoms with van der Waals surface area (Å²) in [5, 5.41) is 15.2. The summed E-state index contributed by atoms with van der Waals surface area (Å²) in [6.45, 7) is -0.480. The Morgan fingerprint density at radius 3 is 2.46 bits per heavy atom. The molecule has 0 bridgehead atoms. The van der Waals surface area contributed by atoms with Crippen molar-refractivity contribution < 1.29 is 19.4 Å². The van der Waals surface area contributed by atoms with Crippen molar-refractivity contribution in [3.05, 3.63) is 60.2 Å². The third-order valence-corrected chi connectivity index (χ3v) is 5.36. The van der Waals surface area contributed by atoms with Crippen molar-refractivity contribution in [2.24, 2.45) is 0 Å². The van der Waals surface area contributed by atoms with E-state index in [-0.39, 0.29) is 5.91 Å². The van der Waals surface area contributed by atoms with Crippen LogP contribution in [0.5, 0.6) is 5.75 Å². The molecule has 6 nitrogen and oxygen atoms in total. The molecule has 6 heteroatoms. The Bertz CT molecular complexity index is 816. The Morgan fingerprint density at radius 2 is 1.82 bits per heavy atom. The van der Waals surface area contributed by atoms with Crippen LogP contribution in [0.3, 0.4) is 0 Å². The molecule has 1 aliphatic carbocycles. The average molecular weight is 382 g/mol. The molecule has 1 saturated carbocycles. The molecule has 0 saturated heterocycles. The number of benzene rings is 2. The van der Waals surface area contributed by atoms with Crippen LogP contribution in [0.1, 0.15) is 31.2 Å². The van der Waals surface area contributed by atoms with E-state index in [9.17, 15) is 14.7 Å². The molecule has 2 aromatic carbocycles. The van der Waals surface area contributed by atoms with Crippen molar-refractivity contribution in [3.8, 4) is 5.75 Å². The van der Waals surface area contributed by atoms with Crippen molar-refractivity contribution in [1.82, 2.24) is 5.32 Å². The van der Waals surface area contributed by atoms with E-state index >= 15 is 0 Å². The van der Waals surface area contributed by atoms with E-state index in [0.29, 0.717) is 11.4 Å². The summed E-state index contributed by atoms with van der Waals surface area (Å²) in [6.07, 6.45) is 3.39. The highest BCUT2D eigenvalue weighted by Crippen LogP contribution is 2.41. The molecule has 0 heterocycles. The second-order valence-corrected chi connectivity index (χ2v) is 7.09. The lowest BCUT2D eigenvalue weighted by molar-refractivity contribution is -0.131. The maximum atomic E-state index is 13.2. The fraction of sp³-hybridized carbons (Fsp3) is 0.364. The van der Waals surface area contributed by atoms with Crippen LogP contribution in [-0.2, 0) is 15.0 Å². The topological polar surface area (TPSA) is 87.7 Å². The minimum Gasteiger partial charge on any atom is -0.497 e. The molecule has 1 fully saturated rings. The first-order chi connectivity index (χ1) is 13.6. The molecule has 2 amide bonds. The molecule has 1 aliphatic rings. The molecule has 148 valence electrons. The van der Waals surface area contributed by atoms with Gasteiger partial charge in [-0.15, -0.1) is 0 Å². The molecule has 0 spiro atoms. The van der Waals surface area contributed by atoms with Gasteiger partial charge in [0.05, 0.1) is 19.1 Å². The van der Waals surface area contributed by atoms with Crippen molar-refractivity contribution in [3.63, 3.8) is 0 Å². The Morgan fingerprint density at radius 1 is 1.11 bits per heavy atom. The van der Waals surface area contributed by atoms with E-state index in [4.69, 9.17) is 4.74 Å². The Balaban J connectivity index is 1.73. The second kappa shape index (κ2) is 8.89. The molecule has 3 rings (SSSR count). The third-order valence-electron chi connectivity index (χ3n) is 5.36. The van der Waals surface area contributed by atoms with E-state index in [1.165, 1.54) is 0 Å². The zero-order valence-electron chi connectivity index (χ0n) is 16.0. The number of carbonyl (C=O) groups is 2. The van der Waals surface area contributed by atoms with Crippen molar-refractivity contribution in [2.75, 3.05) is 19.0 Å². The highest BCUT2D eigenvalue weighted by atomic mass is 16.5. The first-order valence-corrected chi connectivity index (χ1v) is 9.51. The van der Waals surface area contributed by atoms with E-state index < -0.39 is 24.0 Å². The largest absolute Gasteiger partial charge is 0.497 e. The number of hydrogen-bond donors (Lipinski definition) is 3. The first kappa shape index (κ1) is 19.9. The van der Waals surface area contributed by atoms with E-state index in [1.54, 1.807) is 31.4 Å². The maximum Gasteiger partial charge on any atom is 0.249 e. The van der Waals surface area contributed by atoms with Crippen LogP contribution in [0.2, 0.25) is 0 Å². The molecule has 0 aliphatic heterocycles. The molecule has 0 aromatic heterocycles. The zero-order chi connectivity index (χ0) is 20.0. The molecule has 0 unspecified atom stereocenters. The number of methoxy groups -OCH3 is 1. The van der Waals surface area contributed by atoms with Crippen LogP contribution in [0.25, 0.3) is 0 Å². The molecule has 0 radical (unpaired) electrons. The van der Waals surface area contributed by atoms with Gasteiger partial charge in [-0.3, -0.25) is 9.59 Å². The van der Waals surface area contributed by atoms with Crippen LogP contribution in [-0.4, -0.2) is 36.7 Å². The van der Waals surface area contributed by atoms with E-state index in [1.807, 2.05) is 30.3 Å². The number of nitrogens with one attached hydrogen (secondary N) is 2. The third kappa shape index (κ3) is 4.17. The summed E-state index contributed by atoms with van der Waals surface area (Å²) >= 11 is 0. The van der Waals surface area contributed by atoms with Crippen LogP contribution in [0.4, 0.5) is 5.69 Å². The van der Waals surface area contributed by atoms with E-state index in [0.717, 1.165) is 31.2 Å². The summed E-state index contributed by atoms with van der Waals surface area (Å²) in [6, 6.07) is 15.6. The summed E-state index contributed by atoms with van der Waals surface area (Å²) in [5.41, 5.74) is 0.843. The van der Waals surface area contributed by atoms with Gasteiger partial charge in [0.15, 0.2) is 0 Å². The van der Waals surface area contributed by atoms with Gasteiger partial charge in [0.2, 0.25) is 11.8 Å². The smallest absolute Gasteiger partial charge is 0.249 e. The van der Waals surface area contributed by atoms with Crippen LogP contribution < -0.4 is 15.4 Å². The Labute approximate surface area is 164 Å². The van der Waals surface area contributed by atoms with Gasteiger partial charge in [-0.05, 0) is 30.5 Å². The summed E-state index contributed by atoms with van der Waals surface area (Å²) in [4.78, 5) is 25.8. The molecule has 3 N–H and O–H groups in total. The quantitative estimate of drug-likeness (QED) is 0.687. The number of aliphatic hydroxyl groups is 1. The second-order valence-electron chi connectivity index (χ2n) is 7.09. The maximum absolute atomic E-state index is 13.2. The highest BCUT2D eigenvalue weighted by molar-refractivity contribution is 5.99. The summed E-state index contributed by atoms with van der Waals surface area (Å²) < 4.78 is 5.15. The van der Waals surface area contributed by atoms with Crippen molar-refractivity contribution in [1.29, 1.82) is 0 Å². The number of carbonyl (C=O) groups excluding carboxylic acids is 2. The number of amides is 2. The summed E-state index contributed by atoms with van der Waals surface area (Å²) in [7, 11) is 1.54. The molecule has 1 atom stereocenters. The van der Waals surface area contributed by atoms with Gasteiger partial charge in [0.25, 0.3) is 0 Å². The highest BCUT2D eigenvalue weighted by Gasteiger charge is 2.43. The Hall–Kier alpha value is -2.86. The fourth-order valence-electron chi connectivity index (χ4n) is 3.80. The zero-order valence-corrected chi connectivity index (χ0v) is 16.0. The first-order valence-electron chi connectivity index (χ1n) is 9.51. The van der Waals surface area contributed by atoms with Crippen molar-refractivity contribution in [2.45, 2.75) is 37.1 Å². The summed E-state index contributed by atoms with van der Waals surface area (Å²) in [5.74, 6) is -0.0716. The number of rotatable bonds is 7. The lowest BCUT2D eigenvalue weighted by Gasteiger charge is -2.30. The number of anilines is 1. The minimum atomic E-state index is -1.03. The normalized spacial score (nSPS) is 16.2. The van der Waals surface area contributed by atoms with E-state index in [2.05, 4.69) is 10.6 Å². The van der Waals surface area contributed by atoms with Crippen molar-refractivity contribution >= 4 is 17.5 Å². The molecular formula is C22H26N2O4. The van der Waals surface area contributed by atoms with Gasteiger partial charge >= 0.3 is 0 Å².